The molecular weight excluding hydrogens is 494 g/mol. The van der Waals surface area contributed by atoms with E-state index >= 15 is 0 Å². The van der Waals surface area contributed by atoms with E-state index in [-0.39, 0.29) is 23.4 Å². The minimum absolute atomic E-state index is 0.203. The highest BCUT2D eigenvalue weighted by Crippen LogP contribution is 2.36. The quantitative estimate of drug-likeness (QED) is 0.154. The van der Waals surface area contributed by atoms with E-state index in [1.54, 1.807) is 41.8 Å². The third-order valence-corrected chi connectivity index (χ3v) is 7.28. The first-order valence-corrected chi connectivity index (χ1v) is 13.0. The number of imide groups is 1. The van der Waals surface area contributed by atoms with Gasteiger partial charge in [-0.2, -0.15) is 0 Å². The van der Waals surface area contributed by atoms with Crippen LogP contribution in [-0.4, -0.2) is 28.6 Å². The molecule has 3 aromatic carbocycles. The van der Waals surface area contributed by atoms with Gasteiger partial charge >= 0.3 is 5.97 Å². The minimum atomic E-state index is -0.464. The number of thioether (sulfide) groups is 1. The predicted molar refractivity (Wildman–Crippen MR) is 142 cm³/mol. The first-order valence-electron chi connectivity index (χ1n) is 11.3. The molecule has 1 saturated heterocycles. The van der Waals surface area contributed by atoms with Gasteiger partial charge in [-0.25, -0.2) is 4.79 Å². The molecule has 2 heterocycles. The zero-order valence-corrected chi connectivity index (χ0v) is 20.9. The molecule has 6 nitrogen and oxygen atoms in total. The van der Waals surface area contributed by atoms with Crippen molar-refractivity contribution in [2.24, 2.45) is 0 Å². The molecule has 0 saturated carbocycles. The van der Waals surface area contributed by atoms with Crippen molar-refractivity contribution in [1.29, 1.82) is 0 Å². The van der Waals surface area contributed by atoms with Crippen LogP contribution in [0.5, 0.6) is 11.5 Å². The van der Waals surface area contributed by atoms with Crippen LogP contribution in [0.2, 0.25) is 0 Å². The van der Waals surface area contributed by atoms with E-state index < -0.39 is 5.97 Å². The van der Waals surface area contributed by atoms with Crippen LogP contribution < -0.4 is 9.47 Å². The summed E-state index contributed by atoms with van der Waals surface area (Å²) in [4.78, 5) is 40.1. The largest absolute Gasteiger partial charge is 0.490 e. The van der Waals surface area contributed by atoms with Gasteiger partial charge < -0.3 is 9.47 Å². The van der Waals surface area contributed by atoms with E-state index in [4.69, 9.17) is 9.47 Å². The molecular formula is C28H21NO5S2. The van der Waals surface area contributed by atoms with Gasteiger partial charge in [0.1, 0.15) is 4.88 Å². The predicted octanol–water partition coefficient (Wildman–Crippen LogP) is 6.76. The molecule has 2 amide bonds. The Bertz CT molecular complexity index is 1490. The van der Waals surface area contributed by atoms with E-state index in [1.165, 1.54) is 16.2 Å². The average Bonchev–Trinajstić information content (AvgIpc) is 3.51. The fraction of sp³-hybridized carbons (Fsp3) is 0.107. The van der Waals surface area contributed by atoms with Crippen LogP contribution in [0.4, 0.5) is 4.79 Å². The summed E-state index contributed by atoms with van der Waals surface area (Å²) in [5.41, 5.74) is 1.54. The molecule has 1 fully saturated rings. The van der Waals surface area contributed by atoms with Crippen molar-refractivity contribution in [1.82, 2.24) is 4.90 Å². The number of amides is 2. The molecule has 8 heteroatoms. The fourth-order valence-electron chi connectivity index (χ4n) is 3.82. The summed E-state index contributed by atoms with van der Waals surface area (Å²) >= 11 is 2.20. The van der Waals surface area contributed by atoms with Crippen molar-refractivity contribution in [2.75, 3.05) is 6.61 Å². The van der Waals surface area contributed by atoms with Crippen molar-refractivity contribution in [3.63, 3.8) is 0 Å². The topological polar surface area (TPSA) is 72.9 Å². The lowest BCUT2D eigenvalue weighted by Gasteiger charge is -2.13. The van der Waals surface area contributed by atoms with Crippen LogP contribution >= 0.6 is 23.1 Å². The zero-order valence-electron chi connectivity index (χ0n) is 19.3. The number of hydrogen-bond donors (Lipinski definition) is 0. The van der Waals surface area contributed by atoms with E-state index in [1.807, 2.05) is 49.4 Å². The van der Waals surface area contributed by atoms with E-state index in [9.17, 15) is 14.4 Å². The molecule has 0 bridgehead atoms. The van der Waals surface area contributed by atoms with Gasteiger partial charge in [0.15, 0.2) is 11.5 Å². The molecule has 1 aromatic heterocycles. The lowest BCUT2D eigenvalue weighted by atomic mass is 10.1. The maximum Gasteiger partial charge on any atom is 0.353 e. The smallest absolute Gasteiger partial charge is 0.353 e. The highest BCUT2D eigenvalue weighted by molar-refractivity contribution is 8.18. The maximum absolute atomic E-state index is 13.1. The Morgan fingerprint density at radius 1 is 0.944 bits per heavy atom. The van der Waals surface area contributed by atoms with Crippen molar-refractivity contribution in [3.05, 3.63) is 99.1 Å². The normalized spacial score (nSPS) is 14.6. The first-order chi connectivity index (χ1) is 17.5. The summed E-state index contributed by atoms with van der Waals surface area (Å²) < 4.78 is 11.2. The molecule has 4 aromatic rings. The highest BCUT2D eigenvalue weighted by Gasteiger charge is 2.35. The molecule has 0 N–H and O–H groups in total. The van der Waals surface area contributed by atoms with Gasteiger partial charge in [0.05, 0.1) is 18.1 Å². The van der Waals surface area contributed by atoms with E-state index in [0.717, 1.165) is 28.1 Å². The molecule has 36 heavy (non-hydrogen) atoms. The number of thiophene rings is 1. The number of fused-ring (bicyclic) bond motifs is 1. The van der Waals surface area contributed by atoms with Gasteiger partial charge in [0.2, 0.25) is 0 Å². The average molecular weight is 516 g/mol. The van der Waals surface area contributed by atoms with E-state index in [2.05, 4.69) is 0 Å². The van der Waals surface area contributed by atoms with Gasteiger partial charge in [0, 0.05) is 0 Å². The molecule has 0 aliphatic carbocycles. The number of rotatable bonds is 7. The maximum atomic E-state index is 13.1. The van der Waals surface area contributed by atoms with Crippen molar-refractivity contribution in [3.8, 4) is 11.5 Å². The Morgan fingerprint density at radius 3 is 2.56 bits per heavy atom. The molecule has 0 atom stereocenters. The summed E-state index contributed by atoms with van der Waals surface area (Å²) in [6, 6.07) is 22.4. The molecule has 5 rings (SSSR count). The fourth-order valence-corrected chi connectivity index (χ4v) is 5.26. The second-order valence-electron chi connectivity index (χ2n) is 7.96. The Labute approximate surface area is 216 Å². The zero-order chi connectivity index (χ0) is 25.1. The number of benzene rings is 3. The molecule has 0 unspecified atom stereocenters. The number of nitrogens with zero attached hydrogens (tertiary/aromatic N) is 1. The van der Waals surface area contributed by atoms with E-state index in [0.29, 0.717) is 27.7 Å². The second kappa shape index (κ2) is 10.4. The number of esters is 1. The Kier molecular flexibility index (Phi) is 6.88. The number of ether oxygens (including phenoxy) is 2. The summed E-state index contributed by atoms with van der Waals surface area (Å²) in [6.45, 7) is 2.40. The number of carbonyl (C=O) groups excluding carboxylic acids is 3. The molecule has 0 spiro atoms. The van der Waals surface area contributed by atoms with Gasteiger partial charge in [-0.3, -0.25) is 14.5 Å². The third-order valence-electron chi connectivity index (χ3n) is 5.52. The first kappa shape index (κ1) is 23.8. The van der Waals surface area contributed by atoms with Crippen LogP contribution in [0.3, 0.4) is 0 Å². The Morgan fingerprint density at radius 2 is 1.78 bits per heavy atom. The van der Waals surface area contributed by atoms with Crippen LogP contribution in [0.25, 0.3) is 16.8 Å². The van der Waals surface area contributed by atoms with Crippen molar-refractivity contribution in [2.45, 2.75) is 13.5 Å². The third kappa shape index (κ3) is 5.05. The summed E-state index contributed by atoms with van der Waals surface area (Å²) in [6.07, 6.45) is 1.65. The van der Waals surface area contributed by atoms with Gasteiger partial charge in [0.25, 0.3) is 11.1 Å². The van der Waals surface area contributed by atoms with Gasteiger partial charge in [-0.15, -0.1) is 11.3 Å². The Hall–Kier alpha value is -3.88. The molecule has 1 aliphatic heterocycles. The van der Waals surface area contributed by atoms with Crippen LogP contribution in [-0.2, 0) is 11.3 Å². The van der Waals surface area contributed by atoms with Crippen LogP contribution in [0, 0.1) is 0 Å². The molecule has 180 valence electrons. The van der Waals surface area contributed by atoms with Gasteiger partial charge in [-0.05, 0) is 76.3 Å². The summed E-state index contributed by atoms with van der Waals surface area (Å²) in [5, 5.41) is 3.65. The SMILES string of the molecule is CCOc1cc(/C=C2\SC(=O)N(Cc3ccc4ccccc4c3)C2=O)ccc1OC(=O)c1cccs1. The van der Waals surface area contributed by atoms with Gasteiger partial charge in [-0.1, -0.05) is 48.5 Å². The second-order valence-corrected chi connectivity index (χ2v) is 9.90. The lowest BCUT2D eigenvalue weighted by Crippen LogP contribution is -2.27. The van der Waals surface area contributed by atoms with Crippen molar-refractivity contribution < 1.29 is 23.9 Å². The lowest BCUT2D eigenvalue weighted by molar-refractivity contribution is -0.123. The number of hydrogen-bond acceptors (Lipinski definition) is 7. The summed E-state index contributed by atoms with van der Waals surface area (Å²) in [5.74, 6) is -0.138. The van der Waals surface area contributed by atoms with Crippen LogP contribution in [0.1, 0.15) is 27.7 Å². The Balaban J connectivity index is 1.35. The highest BCUT2D eigenvalue weighted by atomic mass is 32.2. The molecule has 1 aliphatic rings. The standard InChI is InChI=1S/C28H21NO5S2/c1-2-33-23-15-18(10-12-22(23)34-27(31)24-8-5-13-35-24)16-25-26(30)29(28(32)36-25)17-19-9-11-20-6-3-4-7-21(20)14-19/h3-16H,2,17H2,1H3/b25-16-. The number of carbonyl (C=O) groups is 3. The molecule has 0 radical (unpaired) electrons. The summed E-state index contributed by atoms with van der Waals surface area (Å²) in [7, 11) is 0. The van der Waals surface area contributed by atoms with Crippen molar-refractivity contribution >= 4 is 57.1 Å². The minimum Gasteiger partial charge on any atom is -0.490 e. The monoisotopic (exact) mass is 515 g/mol. The van der Waals surface area contributed by atoms with Crippen LogP contribution in [0.15, 0.2) is 83.1 Å².